The molecule has 0 aliphatic carbocycles. The third kappa shape index (κ3) is 4.85. The first kappa shape index (κ1) is 19.7. The second-order valence-corrected chi connectivity index (χ2v) is 7.03. The number of pyridine rings is 1. The Morgan fingerprint density at radius 3 is 2.50 bits per heavy atom. The first-order valence-corrected chi connectivity index (χ1v) is 9.76. The predicted molar refractivity (Wildman–Crippen MR) is 117 cm³/mol. The van der Waals surface area contributed by atoms with Crippen LogP contribution in [0.15, 0.2) is 85.3 Å². The number of aromatic nitrogens is 3. The Hall–Kier alpha value is -3.64. The van der Waals surface area contributed by atoms with Crippen LogP contribution in [-0.2, 0) is 6.42 Å². The van der Waals surface area contributed by atoms with Gasteiger partial charge in [-0.1, -0.05) is 42.5 Å². The van der Waals surface area contributed by atoms with Crippen molar-refractivity contribution in [2.45, 2.75) is 12.5 Å². The van der Waals surface area contributed by atoms with E-state index in [4.69, 9.17) is 10.7 Å². The Kier molecular flexibility index (Phi) is 6.06. The molecule has 1 atom stereocenters. The summed E-state index contributed by atoms with van der Waals surface area (Å²) in [6.45, 7) is 0.532. The van der Waals surface area contributed by atoms with Crippen LogP contribution < -0.4 is 11.1 Å². The van der Waals surface area contributed by atoms with Gasteiger partial charge < -0.3 is 11.1 Å². The highest BCUT2D eigenvalue weighted by atomic mass is 19.1. The van der Waals surface area contributed by atoms with E-state index in [0.717, 1.165) is 17.5 Å². The molecule has 4 rings (SSSR count). The van der Waals surface area contributed by atoms with Crippen molar-refractivity contribution >= 4 is 5.95 Å². The van der Waals surface area contributed by atoms with Crippen LogP contribution >= 0.6 is 0 Å². The van der Waals surface area contributed by atoms with E-state index >= 15 is 0 Å². The Balaban J connectivity index is 1.58. The van der Waals surface area contributed by atoms with Crippen LogP contribution in [0, 0.1) is 5.82 Å². The molecule has 0 saturated heterocycles. The standard InChI is InChI=1S/C24H22FN5/c25-20-8-4-7-19(14-20)22-16-29-24(30-23(22)18-9-11-27-12-10-18)28-15-21(26)13-17-5-2-1-3-6-17/h1-12,14,16,21H,13,15,26H2,(H,28,29,30)/t21-/m0/s1. The zero-order valence-corrected chi connectivity index (χ0v) is 16.4. The van der Waals surface area contributed by atoms with E-state index in [1.54, 1.807) is 24.7 Å². The van der Waals surface area contributed by atoms with Crippen LogP contribution in [0.25, 0.3) is 22.4 Å². The van der Waals surface area contributed by atoms with Gasteiger partial charge in [-0.05, 0) is 41.8 Å². The highest BCUT2D eigenvalue weighted by Gasteiger charge is 2.13. The minimum atomic E-state index is -0.303. The molecule has 0 radical (unpaired) electrons. The lowest BCUT2D eigenvalue weighted by Gasteiger charge is -2.15. The number of anilines is 1. The lowest BCUT2D eigenvalue weighted by molar-refractivity contribution is 0.628. The van der Waals surface area contributed by atoms with Gasteiger partial charge in [0, 0.05) is 42.3 Å². The molecule has 2 aromatic heterocycles. The maximum Gasteiger partial charge on any atom is 0.223 e. The van der Waals surface area contributed by atoms with Crippen LogP contribution in [0.2, 0.25) is 0 Å². The summed E-state index contributed by atoms with van der Waals surface area (Å²) in [7, 11) is 0. The SMILES string of the molecule is N[C@H](CNc1ncc(-c2cccc(F)c2)c(-c2ccncc2)n1)Cc1ccccc1. The van der Waals surface area contributed by atoms with Gasteiger partial charge in [0.1, 0.15) is 5.82 Å². The number of benzene rings is 2. The van der Waals surface area contributed by atoms with E-state index in [0.29, 0.717) is 23.8 Å². The summed E-state index contributed by atoms with van der Waals surface area (Å²) in [5.74, 6) is 0.174. The quantitative estimate of drug-likeness (QED) is 0.484. The van der Waals surface area contributed by atoms with Gasteiger partial charge in [-0.2, -0.15) is 0 Å². The minimum absolute atomic E-state index is 0.0803. The molecule has 2 aromatic carbocycles. The van der Waals surface area contributed by atoms with Crippen molar-refractivity contribution in [2.75, 3.05) is 11.9 Å². The molecule has 6 heteroatoms. The Bertz CT molecular complexity index is 1100. The second kappa shape index (κ2) is 9.24. The summed E-state index contributed by atoms with van der Waals surface area (Å²) < 4.78 is 13.8. The molecule has 2 heterocycles. The van der Waals surface area contributed by atoms with Gasteiger partial charge in [0.05, 0.1) is 5.69 Å². The molecule has 30 heavy (non-hydrogen) atoms. The Morgan fingerprint density at radius 2 is 1.73 bits per heavy atom. The van der Waals surface area contributed by atoms with Crippen molar-refractivity contribution in [1.82, 2.24) is 15.0 Å². The molecule has 0 bridgehead atoms. The number of rotatable bonds is 7. The van der Waals surface area contributed by atoms with Gasteiger partial charge in [0.2, 0.25) is 5.95 Å². The molecule has 0 spiro atoms. The molecular formula is C24H22FN5. The van der Waals surface area contributed by atoms with E-state index < -0.39 is 0 Å². The van der Waals surface area contributed by atoms with Crippen LogP contribution in [0.1, 0.15) is 5.56 Å². The fourth-order valence-electron chi connectivity index (χ4n) is 3.28. The number of nitrogens with two attached hydrogens (primary N) is 1. The number of halogens is 1. The summed E-state index contributed by atoms with van der Waals surface area (Å²) in [5.41, 5.74) is 10.5. The highest BCUT2D eigenvalue weighted by Crippen LogP contribution is 2.30. The lowest BCUT2D eigenvalue weighted by atomic mass is 10.0. The van der Waals surface area contributed by atoms with E-state index in [1.165, 1.54) is 17.7 Å². The van der Waals surface area contributed by atoms with Crippen LogP contribution in [-0.4, -0.2) is 27.5 Å². The zero-order chi connectivity index (χ0) is 20.8. The van der Waals surface area contributed by atoms with Gasteiger partial charge in [-0.3, -0.25) is 4.98 Å². The van der Waals surface area contributed by atoms with Crippen molar-refractivity contribution in [3.8, 4) is 22.4 Å². The average Bonchev–Trinajstić information content (AvgIpc) is 2.79. The Labute approximate surface area is 174 Å². The zero-order valence-electron chi connectivity index (χ0n) is 16.4. The van der Waals surface area contributed by atoms with E-state index in [9.17, 15) is 4.39 Å². The first-order valence-electron chi connectivity index (χ1n) is 9.76. The van der Waals surface area contributed by atoms with Gasteiger partial charge in [0.15, 0.2) is 0 Å². The number of hydrogen-bond acceptors (Lipinski definition) is 5. The molecular weight excluding hydrogens is 377 g/mol. The molecule has 0 fully saturated rings. The minimum Gasteiger partial charge on any atom is -0.353 e. The largest absolute Gasteiger partial charge is 0.353 e. The Morgan fingerprint density at radius 1 is 0.933 bits per heavy atom. The molecule has 3 N–H and O–H groups in total. The van der Waals surface area contributed by atoms with Crippen molar-refractivity contribution in [3.05, 3.63) is 96.7 Å². The summed E-state index contributed by atoms with van der Waals surface area (Å²) in [5, 5.41) is 3.23. The molecule has 150 valence electrons. The summed E-state index contributed by atoms with van der Waals surface area (Å²) in [6.07, 6.45) is 5.88. The maximum absolute atomic E-state index is 13.8. The summed E-state index contributed by atoms with van der Waals surface area (Å²) in [6, 6.07) is 20.2. The highest BCUT2D eigenvalue weighted by molar-refractivity contribution is 5.80. The maximum atomic E-state index is 13.8. The van der Waals surface area contributed by atoms with Crippen LogP contribution in [0.3, 0.4) is 0 Å². The van der Waals surface area contributed by atoms with Crippen LogP contribution in [0.5, 0.6) is 0 Å². The third-order valence-electron chi connectivity index (χ3n) is 4.74. The molecule has 4 aromatic rings. The first-order chi connectivity index (χ1) is 14.7. The predicted octanol–water partition coefficient (Wildman–Crippen LogP) is 4.33. The van der Waals surface area contributed by atoms with E-state index in [1.807, 2.05) is 36.4 Å². The lowest BCUT2D eigenvalue weighted by Crippen LogP contribution is -2.31. The van der Waals surface area contributed by atoms with E-state index in [2.05, 4.69) is 27.4 Å². The fraction of sp³-hybridized carbons (Fsp3) is 0.125. The van der Waals surface area contributed by atoms with Crippen molar-refractivity contribution in [3.63, 3.8) is 0 Å². The third-order valence-corrected chi connectivity index (χ3v) is 4.74. The summed E-state index contributed by atoms with van der Waals surface area (Å²) >= 11 is 0. The normalized spacial score (nSPS) is 11.8. The summed E-state index contributed by atoms with van der Waals surface area (Å²) in [4.78, 5) is 13.2. The van der Waals surface area contributed by atoms with Crippen molar-refractivity contribution < 1.29 is 4.39 Å². The molecule has 0 aliphatic rings. The fourth-order valence-corrected chi connectivity index (χ4v) is 3.28. The number of hydrogen-bond donors (Lipinski definition) is 2. The van der Waals surface area contributed by atoms with Crippen LogP contribution in [0.4, 0.5) is 10.3 Å². The molecule has 0 saturated carbocycles. The smallest absolute Gasteiger partial charge is 0.223 e. The van der Waals surface area contributed by atoms with Gasteiger partial charge in [-0.25, -0.2) is 14.4 Å². The molecule has 0 amide bonds. The van der Waals surface area contributed by atoms with Gasteiger partial charge in [-0.15, -0.1) is 0 Å². The number of nitrogens with zero attached hydrogens (tertiary/aromatic N) is 3. The topological polar surface area (TPSA) is 76.7 Å². The van der Waals surface area contributed by atoms with E-state index in [-0.39, 0.29) is 11.9 Å². The van der Waals surface area contributed by atoms with Gasteiger partial charge >= 0.3 is 0 Å². The average molecular weight is 399 g/mol. The second-order valence-electron chi connectivity index (χ2n) is 7.03. The molecule has 0 aliphatic heterocycles. The van der Waals surface area contributed by atoms with Crippen molar-refractivity contribution in [2.24, 2.45) is 5.73 Å². The number of nitrogens with one attached hydrogen (secondary N) is 1. The van der Waals surface area contributed by atoms with Gasteiger partial charge in [0.25, 0.3) is 0 Å². The molecule has 0 unspecified atom stereocenters. The van der Waals surface area contributed by atoms with Crippen molar-refractivity contribution in [1.29, 1.82) is 0 Å². The molecule has 5 nitrogen and oxygen atoms in total. The monoisotopic (exact) mass is 399 g/mol.